The van der Waals surface area contributed by atoms with Crippen LogP contribution < -0.4 is 34.7 Å². The molecule has 0 aromatic heterocycles. The van der Waals surface area contributed by atoms with Crippen LogP contribution in [0, 0.1) is 5.92 Å². The second-order valence-corrected chi connectivity index (χ2v) is 4.85. The monoisotopic (exact) mass is 212 g/mol. The number of hydrogen-bond donors (Lipinski definition) is 0. The Balaban J connectivity index is 0.00000144. The van der Waals surface area contributed by atoms with E-state index >= 15 is 0 Å². The van der Waals surface area contributed by atoms with Crippen molar-refractivity contribution in [3.05, 3.63) is 0 Å². The van der Waals surface area contributed by atoms with Gasteiger partial charge in [0.25, 0.3) is 0 Å². The minimum atomic E-state index is -1.03. The minimum Gasteiger partial charge on any atom is -0.550 e. The quantitative estimate of drug-likeness (QED) is 0.450. The Labute approximate surface area is 103 Å². The van der Waals surface area contributed by atoms with Crippen LogP contribution in [0.4, 0.5) is 0 Å². The largest absolute Gasteiger partial charge is 1.00 e. The summed E-state index contributed by atoms with van der Waals surface area (Å²) in [6.45, 7) is 0. The van der Waals surface area contributed by atoms with Crippen LogP contribution in [0.3, 0.4) is 0 Å². The molecule has 0 heterocycles. The molecule has 0 aromatic carbocycles. The van der Waals surface area contributed by atoms with Crippen LogP contribution >= 0.6 is 0 Å². The Bertz CT molecular complexity index is 186. The van der Waals surface area contributed by atoms with Gasteiger partial charge in [0.15, 0.2) is 0 Å². The van der Waals surface area contributed by atoms with Gasteiger partial charge in [0.05, 0.1) is 0 Å². The number of carbonyl (C=O) groups is 1. The van der Waals surface area contributed by atoms with Crippen molar-refractivity contribution in [3.8, 4) is 0 Å². The van der Waals surface area contributed by atoms with Gasteiger partial charge in [-0.15, -0.1) is 0 Å². The molecule has 3 nitrogen and oxygen atoms in total. The number of carbonyl (C=O) groups excluding carboxylic acids is 1. The van der Waals surface area contributed by atoms with E-state index in [2.05, 4.69) is 0 Å². The molecular formula is C8H13NaO3S. The first-order valence-corrected chi connectivity index (χ1v) is 5.78. The first-order valence-electron chi connectivity index (χ1n) is 4.16. The van der Waals surface area contributed by atoms with E-state index in [-0.39, 0.29) is 34.8 Å². The maximum Gasteiger partial charge on any atom is 1.00 e. The zero-order valence-corrected chi connectivity index (χ0v) is 10.9. The average Bonchev–Trinajstić information content (AvgIpc) is 2.04. The molecule has 3 unspecified atom stereocenters. The average molecular weight is 212 g/mol. The normalized spacial score (nSPS) is 30.2. The molecule has 0 bridgehead atoms. The number of aliphatic carboxylic acids is 1. The van der Waals surface area contributed by atoms with E-state index in [0.29, 0.717) is 6.42 Å². The summed E-state index contributed by atoms with van der Waals surface area (Å²) in [7, 11) is -1.02. The van der Waals surface area contributed by atoms with Crippen molar-refractivity contribution < 1.29 is 43.7 Å². The van der Waals surface area contributed by atoms with Crippen LogP contribution in [0.2, 0.25) is 0 Å². The van der Waals surface area contributed by atoms with Crippen molar-refractivity contribution >= 4 is 16.8 Å². The summed E-state index contributed by atoms with van der Waals surface area (Å²) in [5, 5.41) is 10.4. The van der Waals surface area contributed by atoms with Gasteiger partial charge in [-0.2, -0.15) is 0 Å². The Morgan fingerprint density at radius 3 is 2.31 bits per heavy atom. The van der Waals surface area contributed by atoms with E-state index in [9.17, 15) is 14.1 Å². The predicted octanol–water partition coefficient (Wildman–Crippen LogP) is -3.32. The molecule has 0 amide bonds. The van der Waals surface area contributed by atoms with Gasteiger partial charge in [-0.3, -0.25) is 4.21 Å². The first kappa shape index (κ1) is 13.6. The van der Waals surface area contributed by atoms with E-state index in [1.807, 2.05) is 0 Å². The molecular weight excluding hydrogens is 199 g/mol. The Morgan fingerprint density at radius 2 is 1.92 bits per heavy atom. The first-order chi connectivity index (χ1) is 5.63. The summed E-state index contributed by atoms with van der Waals surface area (Å²) in [4.78, 5) is 10.6. The van der Waals surface area contributed by atoms with Crippen molar-refractivity contribution in [2.75, 3.05) is 6.26 Å². The fourth-order valence-electron chi connectivity index (χ4n) is 1.76. The van der Waals surface area contributed by atoms with Crippen LogP contribution in [0.5, 0.6) is 0 Å². The smallest absolute Gasteiger partial charge is 0.550 e. The van der Waals surface area contributed by atoms with Crippen LogP contribution in [0.1, 0.15) is 25.7 Å². The SMILES string of the molecule is CS(=O)C1CCCCC1C(=O)[O-].[Na+]. The maximum atomic E-state index is 11.1. The van der Waals surface area contributed by atoms with Crippen molar-refractivity contribution in [3.63, 3.8) is 0 Å². The molecule has 1 fully saturated rings. The van der Waals surface area contributed by atoms with Crippen molar-refractivity contribution in [1.82, 2.24) is 0 Å². The third-order valence-corrected chi connectivity index (χ3v) is 3.85. The molecule has 0 radical (unpaired) electrons. The second-order valence-electron chi connectivity index (χ2n) is 3.25. The van der Waals surface area contributed by atoms with Gasteiger partial charge in [-0.05, 0) is 12.8 Å². The minimum absolute atomic E-state index is 0. The van der Waals surface area contributed by atoms with Crippen LogP contribution in [0.15, 0.2) is 0 Å². The molecule has 1 saturated carbocycles. The molecule has 3 atom stereocenters. The Hall–Kier alpha value is 0.620. The summed E-state index contributed by atoms with van der Waals surface area (Å²) in [5.74, 6) is -1.51. The van der Waals surface area contributed by atoms with Gasteiger partial charge in [0, 0.05) is 34.2 Å². The fraction of sp³-hybridized carbons (Fsp3) is 0.875. The zero-order chi connectivity index (χ0) is 9.14. The number of carboxylic acids is 1. The summed E-state index contributed by atoms with van der Waals surface area (Å²) in [6, 6.07) is 0. The van der Waals surface area contributed by atoms with Crippen molar-refractivity contribution in [1.29, 1.82) is 0 Å². The molecule has 70 valence electrons. The molecule has 1 aliphatic carbocycles. The van der Waals surface area contributed by atoms with Gasteiger partial charge in [0.2, 0.25) is 0 Å². The van der Waals surface area contributed by atoms with Crippen molar-refractivity contribution in [2.45, 2.75) is 30.9 Å². The van der Waals surface area contributed by atoms with E-state index in [0.717, 1.165) is 19.3 Å². The van der Waals surface area contributed by atoms with Crippen molar-refractivity contribution in [2.24, 2.45) is 5.92 Å². The van der Waals surface area contributed by atoms with Crippen LogP contribution in [-0.2, 0) is 15.6 Å². The molecule has 1 aliphatic rings. The topological polar surface area (TPSA) is 57.2 Å². The third kappa shape index (κ3) is 3.70. The Morgan fingerprint density at radius 1 is 1.38 bits per heavy atom. The molecule has 0 spiro atoms. The molecule has 0 saturated heterocycles. The summed E-state index contributed by atoms with van der Waals surface area (Å²) in [5.41, 5.74) is 0. The van der Waals surface area contributed by atoms with Gasteiger partial charge in [-0.25, -0.2) is 0 Å². The van der Waals surface area contributed by atoms with Gasteiger partial charge in [-0.1, -0.05) is 12.8 Å². The van der Waals surface area contributed by atoms with E-state index in [4.69, 9.17) is 0 Å². The molecule has 13 heavy (non-hydrogen) atoms. The third-order valence-electron chi connectivity index (χ3n) is 2.43. The number of hydrogen-bond acceptors (Lipinski definition) is 3. The van der Waals surface area contributed by atoms with E-state index in [1.165, 1.54) is 0 Å². The van der Waals surface area contributed by atoms with E-state index in [1.54, 1.807) is 6.26 Å². The molecule has 5 heteroatoms. The molecule has 0 aliphatic heterocycles. The number of rotatable bonds is 2. The van der Waals surface area contributed by atoms with Gasteiger partial charge >= 0.3 is 29.6 Å². The predicted molar refractivity (Wildman–Crippen MR) is 44.8 cm³/mol. The summed E-state index contributed by atoms with van der Waals surface area (Å²) < 4.78 is 11.1. The summed E-state index contributed by atoms with van der Waals surface area (Å²) in [6.07, 6.45) is 4.89. The molecule has 1 rings (SSSR count). The fourth-order valence-corrected chi connectivity index (χ4v) is 2.97. The molecule has 0 N–H and O–H groups in total. The maximum absolute atomic E-state index is 11.1. The van der Waals surface area contributed by atoms with Crippen LogP contribution in [0.25, 0.3) is 0 Å². The molecule has 0 aromatic rings. The second kappa shape index (κ2) is 6.17. The van der Waals surface area contributed by atoms with Gasteiger partial charge < -0.3 is 9.90 Å². The van der Waals surface area contributed by atoms with E-state index < -0.39 is 22.7 Å². The standard InChI is InChI=1S/C8H14O3S.Na/c1-12(11)7-5-3-2-4-6(7)8(9)10;/h6-7H,2-5H2,1H3,(H,9,10);/q;+1/p-1. The number of carboxylic acid groups (broad SMARTS) is 1. The van der Waals surface area contributed by atoms with Gasteiger partial charge in [0.1, 0.15) is 0 Å². The zero-order valence-electron chi connectivity index (χ0n) is 8.12. The Kier molecular flexibility index (Phi) is 6.46. The van der Waals surface area contributed by atoms with Crippen LogP contribution in [-0.4, -0.2) is 21.7 Å². The summed E-state index contributed by atoms with van der Waals surface area (Å²) >= 11 is 0.